The fourth-order valence-electron chi connectivity index (χ4n) is 2.71. The van der Waals surface area contributed by atoms with Crippen LogP contribution in [0.3, 0.4) is 0 Å². The monoisotopic (exact) mass is 295 g/mol. The first kappa shape index (κ1) is 14.7. The summed E-state index contributed by atoms with van der Waals surface area (Å²) in [6.45, 7) is 6.16. The molecule has 0 N–H and O–H groups in total. The topological polar surface area (TPSA) is 36.4 Å². The summed E-state index contributed by atoms with van der Waals surface area (Å²) < 4.78 is 0. The van der Waals surface area contributed by atoms with E-state index in [0.717, 1.165) is 37.6 Å². The number of carbonyl (C=O) groups is 1. The van der Waals surface area contributed by atoms with E-state index in [1.165, 1.54) is 5.56 Å². The van der Waals surface area contributed by atoms with Crippen LogP contribution in [0, 0.1) is 6.92 Å². The van der Waals surface area contributed by atoms with Crippen LogP contribution in [0.4, 0.5) is 5.82 Å². The molecular formula is C18H21N3O. The summed E-state index contributed by atoms with van der Waals surface area (Å²) in [5, 5.41) is 0. The quantitative estimate of drug-likeness (QED) is 0.812. The Balaban J connectivity index is 1.53. The normalized spacial score (nSPS) is 15.8. The van der Waals surface area contributed by atoms with Gasteiger partial charge >= 0.3 is 0 Å². The van der Waals surface area contributed by atoms with Crippen LogP contribution in [0.2, 0.25) is 0 Å². The molecule has 1 aromatic heterocycles. The van der Waals surface area contributed by atoms with E-state index in [-0.39, 0.29) is 5.78 Å². The molecule has 0 spiro atoms. The molecule has 0 bridgehead atoms. The van der Waals surface area contributed by atoms with E-state index < -0.39 is 0 Å². The number of Topliss-reactive ketones (excluding diaryl/α,β-unsaturated/α-hetero) is 1. The smallest absolute Gasteiger partial charge is 0.176 e. The Bertz CT molecular complexity index is 617. The Morgan fingerprint density at radius 2 is 1.77 bits per heavy atom. The molecule has 4 heteroatoms. The van der Waals surface area contributed by atoms with Crippen LogP contribution in [0.25, 0.3) is 0 Å². The van der Waals surface area contributed by atoms with Crippen LogP contribution in [0.1, 0.15) is 15.9 Å². The summed E-state index contributed by atoms with van der Waals surface area (Å²) in [6, 6.07) is 13.8. The van der Waals surface area contributed by atoms with Gasteiger partial charge in [0.2, 0.25) is 0 Å². The highest BCUT2D eigenvalue weighted by molar-refractivity contribution is 5.97. The maximum absolute atomic E-state index is 12.3. The van der Waals surface area contributed by atoms with Crippen molar-refractivity contribution in [3.8, 4) is 0 Å². The summed E-state index contributed by atoms with van der Waals surface area (Å²) >= 11 is 0. The van der Waals surface area contributed by atoms with E-state index in [1.54, 1.807) is 0 Å². The van der Waals surface area contributed by atoms with Gasteiger partial charge in [-0.1, -0.05) is 35.9 Å². The zero-order valence-corrected chi connectivity index (χ0v) is 12.9. The van der Waals surface area contributed by atoms with E-state index in [0.29, 0.717) is 6.54 Å². The van der Waals surface area contributed by atoms with Crippen molar-refractivity contribution in [2.45, 2.75) is 6.92 Å². The third kappa shape index (κ3) is 3.52. The molecule has 2 heterocycles. The number of rotatable bonds is 4. The Morgan fingerprint density at radius 3 is 2.41 bits per heavy atom. The molecule has 0 aliphatic carbocycles. The summed E-state index contributed by atoms with van der Waals surface area (Å²) in [5.74, 6) is 1.22. The lowest BCUT2D eigenvalue weighted by Gasteiger charge is -2.35. The van der Waals surface area contributed by atoms with Gasteiger partial charge in [-0.25, -0.2) is 4.98 Å². The first-order valence-electron chi connectivity index (χ1n) is 7.70. The van der Waals surface area contributed by atoms with Crippen LogP contribution in [-0.2, 0) is 0 Å². The lowest BCUT2D eigenvalue weighted by atomic mass is 10.1. The number of ketones is 1. The molecule has 1 aromatic carbocycles. The van der Waals surface area contributed by atoms with Gasteiger partial charge in [0.15, 0.2) is 5.78 Å². The minimum absolute atomic E-state index is 0.200. The van der Waals surface area contributed by atoms with Crippen LogP contribution < -0.4 is 4.90 Å². The number of aryl methyl sites for hydroxylation is 1. The third-order valence-corrected chi connectivity index (χ3v) is 4.09. The summed E-state index contributed by atoms with van der Waals surface area (Å²) in [5.41, 5.74) is 1.98. The van der Waals surface area contributed by atoms with Gasteiger partial charge in [-0.05, 0) is 19.1 Å². The highest BCUT2D eigenvalue weighted by Crippen LogP contribution is 2.13. The molecule has 0 atom stereocenters. The number of carbonyl (C=O) groups excluding carboxylic acids is 1. The zero-order valence-electron chi connectivity index (χ0n) is 12.9. The SMILES string of the molecule is Cc1ccc(C(=O)CN2CCN(c3ccccn3)CC2)cc1. The van der Waals surface area contributed by atoms with Gasteiger partial charge in [-0.15, -0.1) is 0 Å². The molecule has 1 saturated heterocycles. The first-order valence-corrected chi connectivity index (χ1v) is 7.70. The average molecular weight is 295 g/mol. The first-order chi connectivity index (χ1) is 10.7. The Hall–Kier alpha value is -2.20. The summed E-state index contributed by atoms with van der Waals surface area (Å²) in [7, 11) is 0. The Labute approximate surface area is 131 Å². The summed E-state index contributed by atoms with van der Waals surface area (Å²) in [6.07, 6.45) is 1.82. The van der Waals surface area contributed by atoms with Crippen molar-refractivity contribution in [2.75, 3.05) is 37.6 Å². The molecule has 1 aliphatic rings. The standard InChI is InChI=1S/C18H21N3O/c1-15-5-7-16(8-6-15)17(22)14-20-10-12-21(13-11-20)18-4-2-3-9-19-18/h2-9H,10-14H2,1H3. The second kappa shape index (κ2) is 6.71. The van der Waals surface area contributed by atoms with Gasteiger partial charge in [0, 0.05) is 37.9 Å². The number of piperazine rings is 1. The van der Waals surface area contributed by atoms with Crippen molar-refractivity contribution in [1.82, 2.24) is 9.88 Å². The van der Waals surface area contributed by atoms with Crippen molar-refractivity contribution in [2.24, 2.45) is 0 Å². The number of nitrogens with zero attached hydrogens (tertiary/aromatic N) is 3. The maximum atomic E-state index is 12.3. The minimum Gasteiger partial charge on any atom is -0.354 e. The van der Waals surface area contributed by atoms with Gasteiger partial charge in [0.25, 0.3) is 0 Å². The van der Waals surface area contributed by atoms with E-state index >= 15 is 0 Å². The predicted molar refractivity (Wildman–Crippen MR) is 88.4 cm³/mol. The van der Waals surface area contributed by atoms with Gasteiger partial charge in [-0.3, -0.25) is 9.69 Å². The lowest BCUT2D eigenvalue weighted by Crippen LogP contribution is -2.48. The van der Waals surface area contributed by atoms with Crippen molar-refractivity contribution < 1.29 is 4.79 Å². The third-order valence-electron chi connectivity index (χ3n) is 4.09. The van der Waals surface area contributed by atoms with E-state index in [2.05, 4.69) is 14.8 Å². The minimum atomic E-state index is 0.200. The Morgan fingerprint density at radius 1 is 1.05 bits per heavy atom. The average Bonchev–Trinajstić information content (AvgIpc) is 2.57. The molecule has 4 nitrogen and oxygen atoms in total. The molecule has 3 rings (SSSR count). The molecule has 2 aromatic rings. The number of benzene rings is 1. The molecule has 114 valence electrons. The van der Waals surface area contributed by atoms with E-state index in [4.69, 9.17) is 0 Å². The van der Waals surface area contributed by atoms with Crippen molar-refractivity contribution in [3.63, 3.8) is 0 Å². The second-order valence-electron chi connectivity index (χ2n) is 5.74. The molecule has 0 radical (unpaired) electrons. The highest BCUT2D eigenvalue weighted by atomic mass is 16.1. The zero-order chi connectivity index (χ0) is 15.4. The van der Waals surface area contributed by atoms with Crippen LogP contribution >= 0.6 is 0 Å². The number of pyridine rings is 1. The van der Waals surface area contributed by atoms with Crippen molar-refractivity contribution in [3.05, 3.63) is 59.8 Å². The molecule has 22 heavy (non-hydrogen) atoms. The molecule has 1 aliphatic heterocycles. The van der Waals surface area contributed by atoms with Gasteiger partial charge < -0.3 is 4.90 Å². The van der Waals surface area contributed by atoms with Crippen LogP contribution in [0.15, 0.2) is 48.7 Å². The molecule has 0 unspecified atom stereocenters. The lowest BCUT2D eigenvalue weighted by molar-refractivity contribution is 0.0926. The van der Waals surface area contributed by atoms with Crippen LogP contribution in [-0.4, -0.2) is 48.4 Å². The Kier molecular flexibility index (Phi) is 4.49. The van der Waals surface area contributed by atoms with Crippen LogP contribution in [0.5, 0.6) is 0 Å². The van der Waals surface area contributed by atoms with Crippen molar-refractivity contribution in [1.29, 1.82) is 0 Å². The molecule has 0 amide bonds. The van der Waals surface area contributed by atoms with Gasteiger partial charge in [0.05, 0.1) is 6.54 Å². The predicted octanol–water partition coefficient (Wildman–Crippen LogP) is 2.39. The van der Waals surface area contributed by atoms with Gasteiger partial charge in [0.1, 0.15) is 5.82 Å². The maximum Gasteiger partial charge on any atom is 0.176 e. The largest absolute Gasteiger partial charge is 0.354 e. The second-order valence-corrected chi connectivity index (χ2v) is 5.74. The van der Waals surface area contributed by atoms with E-state index in [9.17, 15) is 4.79 Å². The van der Waals surface area contributed by atoms with E-state index in [1.807, 2.05) is 55.6 Å². The number of aromatic nitrogens is 1. The fourth-order valence-corrected chi connectivity index (χ4v) is 2.71. The van der Waals surface area contributed by atoms with Crippen molar-refractivity contribution >= 4 is 11.6 Å². The molecular weight excluding hydrogens is 274 g/mol. The van der Waals surface area contributed by atoms with Gasteiger partial charge in [-0.2, -0.15) is 0 Å². The number of hydrogen-bond acceptors (Lipinski definition) is 4. The molecule has 1 fully saturated rings. The number of hydrogen-bond donors (Lipinski definition) is 0. The summed E-state index contributed by atoms with van der Waals surface area (Å²) in [4.78, 5) is 21.2. The number of anilines is 1. The molecule has 0 saturated carbocycles. The highest BCUT2D eigenvalue weighted by Gasteiger charge is 2.20. The fraction of sp³-hybridized carbons (Fsp3) is 0.333.